The number of aromatic nitrogens is 3. The van der Waals surface area contributed by atoms with E-state index in [-0.39, 0.29) is 29.9 Å². The molecule has 0 saturated heterocycles. The van der Waals surface area contributed by atoms with E-state index in [0.29, 0.717) is 11.3 Å². The standard InChI is InChI=1S/C25H31FN6O2/c1-14(2)29-24-21(25(34)31-19-7-5-18(6-8-19)30-16(4)33)12-28-32-13-17(10-22(24)32)20-11-27-23(26)9-15(20)3/h9-14,18-19,29H,5-8H2,1-4H3,(H,30,33)(H,31,34)/t18-,19-. The minimum Gasteiger partial charge on any atom is -0.380 e. The van der Waals surface area contributed by atoms with Gasteiger partial charge in [0.2, 0.25) is 11.9 Å². The Labute approximate surface area is 198 Å². The predicted molar refractivity (Wildman–Crippen MR) is 129 cm³/mol. The van der Waals surface area contributed by atoms with Gasteiger partial charge in [0.15, 0.2) is 0 Å². The van der Waals surface area contributed by atoms with Gasteiger partial charge in [-0.15, -0.1) is 0 Å². The summed E-state index contributed by atoms with van der Waals surface area (Å²) in [5.74, 6) is -0.715. The molecule has 0 aromatic carbocycles. The number of nitrogens with zero attached hydrogens (tertiary/aromatic N) is 3. The number of pyridine rings is 1. The van der Waals surface area contributed by atoms with E-state index in [1.807, 2.05) is 33.0 Å². The van der Waals surface area contributed by atoms with Crippen molar-refractivity contribution in [3.05, 3.63) is 47.8 Å². The lowest BCUT2D eigenvalue weighted by Crippen LogP contribution is -2.43. The molecule has 8 nitrogen and oxygen atoms in total. The lowest BCUT2D eigenvalue weighted by Gasteiger charge is -2.29. The summed E-state index contributed by atoms with van der Waals surface area (Å²) in [6.07, 6.45) is 8.25. The van der Waals surface area contributed by atoms with Crippen molar-refractivity contribution in [1.82, 2.24) is 25.2 Å². The molecule has 3 heterocycles. The lowest BCUT2D eigenvalue weighted by molar-refractivity contribution is -0.119. The molecule has 3 aromatic heterocycles. The number of hydrogen-bond acceptors (Lipinski definition) is 5. The van der Waals surface area contributed by atoms with Gasteiger partial charge in [-0.1, -0.05) is 0 Å². The highest BCUT2D eigenvalue weighted by atomic mass is 19.1. The van der Waals surface area contributed by atoms with E-state index in [0.717, 1.165) is 47.9 Å². The number of hydrogen-bond donors (Lipinski definition) is 3. The van der Waals surface area contributed by atoms with E-state index in [9.17, 15) is 14.0 Å². The summed E-state index contributed by atoms with van der Waals surface area (Å²) < 4.78 is 15.2. The van der Waals surface area contributed by atoms with Gasteiger partial charge in [0.1, 0.15) is 0 Å². The van der Waals surface area contributed by atoms with Crippen LogP contribution in [0.25, 0.3) is 16.6 Å². The van der Waals surface area contributed by atoms with Crippen LogP contribution in [0.4, 0.5) is 10.1 Å². The molecule has 34 heavy (non-hydrogen) atoms. The van der Waals surface area contributed by atoms with Crippen LogP contribution in [0.3, 0.4) is 0 Å². The number of amides is 2. The van der Waals surface area contributed by atoms with Gasteiger partial charge >= 0.3 is 0 Å². The Morgan fingerprint density at radius 1 is 1.09 bits per heavy atom. The zero-order valence-corrected chi connectivity index (χ0v) is 20.0. The second kappa shape index (κ2) is 9.79. The Kier molecular flexibility index (Phi) is 6.81. The average molecular weight is 467 g/mol. The van der Waals surface area contributed by atoms with Gasteiger partial charge in [0.05, 0.1) is 23.0 Å². The Morgan fingerprint density at radius 2 is 1.76 bits per heavy atom. The lowest BCUT2D eigenvalue weighted by atomic mass is 9.91. The Balaban J connectivity index is 1.60. The summed E-state index contributed by atoms with van der Waals surface area (Å²) in [6, 6.07) is 3.66. The molecule has 3 aromatic rings. The summed E-state index contributed by atoms with van der Waals surface area (Å²) in [6.45, 7) is 7.39. The van der Waals surface area contributed by atoms with Crippen LogP contribution in [0, 0.1) is 12.9 Å². The van der Waals surface area contributed by atoms with Crippen molar-refractivity contribution in [1.29, 1.82) is 0 Å². The first-order valence-electron chi connectivity index (χ1n) is 11.7. The molecule has 9 heteroatoms. The fourth-order valence-electron chi connectivity index (χ4n) is 4.57. The molecular formula is C25H31FN6O2. The van der Waals surface area contributed by atoms with Crippen LogP contribution < -0.4 is 16.0 Å². The molecule has 0 radical (unpaired) electrons. The molecule has 0 atom stereocenters. The van der Waals surface area contributed by atoms with E-state index >= 15 is 0 Å². The molecule has 1 fully saturated rings. The highest BCUT2D eigenvalue weighted by molar-refractivity contribution is 6.03. The number of fused-ring (bicyclic) bond motifs is 1. The summed E-state index contributed by atoms with van der Waals surface area (Å²) in [5, 5.41) is 14.0. The predicted octanol–water partition coefficient (Wildman–Crippen LogP) is 3.84. The van der Waals surface area contributed by atoms with Gasteiger partial charge in [-0.25, -0.2) is 9.50 Å². The zero-order chi connectivity index (χ0) is 24.4. The molecule has 1 aliphatic rings. The van der Waals surface area contributed by atoms with E-state index in [1.165, 1.54) is 19.2 Å². The highest BCUT2D eigenvalue weighted by Gasteiger charge is 2.25. The summed E-state index contributed by atoms with van der Waals surface area (Å²) in [5.41, 5.74) is 4.36. The Morgan fingerprint density at radius 3 is 2.38 bits per heavy atom. The van der Waals surface area contributed by atoms with E-state index < -0.39 is 5.95 Å². The minimum atomic E-state index is -0.518. The molecule has 2 amide bonds. The molecule has 0 spiro atoms. The molecule has 0 aliphatic heterocycles. The Bertz CT molecular complexity index is 1210. The van der Waals surface area contributed by atoms with Crippen LogP contribution in [0.2, 0.25) is 0 Å². The van der Waals surface area contributed by atoms with Crippen molar-refractivity contribution in [2.75, 3.05) is 5.32 Å². The van der Waals surface area contributed by atoms with Crippen LogP contribution in [0.15, 0.2) is 30.7 Å². The van der Waals surface area contributed by atoms with Crippen molar-refractivity contribution in [3.63, 3.8) is 0 Å². The fourth-order valence-corrected chi connectivity index (χ4v) is 4.57. The quantitative estimate of drug-likeness (QED) is 0.479. The van der Waals surface area contributed by atoms with Gasteiger partial charge in [-0.05, 0) is 64.2 Å². The molecule has 0 unspecified atom stereocenters. The number of carbonyl (C=O) groups excluding carboxylic acids is 2. The van der Waals surface area contributed by atoms with Crippen LogP contribution >= 0.6 is 0 Å². The fraction of sp³-hybridized carbons (Fsp3) is 0.440. The van der Waals surface area contributed by atoms with Gasteiger partial charge in [-0.2, -0.15) is 9.49 Å². The number of halogens is 1. The zero-order valence-electron chi connectivity index (χ0n) is 20.0. The van der Waals surface area contributed by atoms with Crippen molar-refractivity contribution >= 4 is 23.0 Å². The monoisotopic (exact) mass is 466 g/mol. The van der Waals surface area contributed by atoms with Gasteiger partial charge in [0.25, 0.3) is 5.91 Å². The number of nitrogens with one attached hydrogen (secondary N) is 3. The third-order valence-corrected chi connectivity index (χ3v) is 6.17. The summed E-state index contributed by atoms with van der Waals surface area (Å²) >= 11 is 0. The maximum atomic E-state index is 13.5. The first-order chi connectivity index (χ1) is 16.2. The van der Waals surface area contributed by atoms with E-state index in [4.69, 9.17) is 0 Å². The molecule has 0 bridgehead atoms. The van der Waals surface area contributed by atoms with Crippen LogP contribution in [0.5, 0.6) is 0 Å². The first-order valence-corrected chi connectivity index (χ1v) is 11.7. The average Bonchev–Trinajstić information content (AvgIpc) is 3.19. The molecule has 1 aliphatic carbocycles. The Hall–Kier alpha value is -3.49. The molecule has 1 saturated carbocycles. The SMILES string of the molecule is CC(=O)N[C@H]1CC[C@H](NC(=O)c2cnn3cc(-c4cnc(F)cc4C)cc3c2NC(C)C)CC1. The smallest absolute Gasteiger partial charge is 0.255 e. The van der Waals surface area contributed by atoms with Crippen LogP contribution in [0.1, 0.15) is 62.4 Å². The normalized spacial score (nSPS) is 18.2. The van der Waals surface area contributed by atoms with Crippen LogP contribution in [-0.2, 0) is 4.79 Å². The number of rotatable bonds is 6. The van der Waals surface area contributed by atoms with E-state index in [1.54, 1.807) is 10.7 Å². The largest absolute Gasteiger partial charge is 0.380 e. The van der Waals surface area contributed by atoms with Gasteiger partial charge in [-0.3, -0.25) is 9.59 Å². The maximum absolute atomic E-state index is 13.5. The molecule has 3 N–H and O–H groups in total. The van der Waals surface area contributed by atoms with Crippen molar-refractivity contribution in [2.45, 2.75) is 71.5 Å². The number of aryl methyl sites for hydroxylation is 1. The number of anilines is 1. The highest BCUT2D eigenvalue weighted by Crippen LogP contribution is 2.31. The van der Waals surface area contributed by atoms with Crippen molar-refractivity contribution in [2.24, 2.45) is 0 Å². The number of carbonyl (C=O) groups is 2. The van der Waals surface area contributed by atoms with Gasteiger partial charge in [0, 0.05) is 48.6 Å². The minimum absolute atomic E-state index is 0.0190. The second-order valence-electron chi connectivity index (χ2n) is 9.34. The molecule has 4 rings (SSSR count). The molecule has 180 valence electrons. The third-order valence-electron chi connectivity index (χ3n) is 6.17. The van der Waals surface area contributed by atoms with Gasteiger partial charge < -0.3 is 16.0 Å². The maximum Gasteiger partial charge on any atom is 0.255 e. The van der Waals surface area contributed by atoms with Crippen molar-refractivity contribution < 1.29 is 14.0 Å². The van der Waals surface area contributed by atoms with Crippen LogP contribution in [-0.4, -0.2) is 44.5 Å². The third kappa shape index (κ3) is 5.18. The first kappa shape index (κ1) is 23.7. The summed E-state index contributed by atoms with van der Waals surface area (Å²) in [4.78, 5) is 28.4. The van der Waals surface area contributed by atoms with E-state index in [2.05, 4.69) is 26.0 Å². The molecular weight excluding hydrogens is 435 g/mol. The van der Waals surface area contributed by atoms with Crippen molar-refractivity contribution in [3.8, 4) is 11.1 Å². The second-order valence-corrected chi connectivity index (χ2v) is 9.34. The topological polar surface area (TPSA) is 100 Å². The summed E-state index contributed by atoms with van der Waals surface area (Å²) in [7, 11) is 0.